The molecule has 0 aromatic heterocycles. The molecule has 0 N–H and O–H groups in total. The Morgan fingerprint density at radius 1 is 1.03 bits per heavy atom. The van der Waals surface area contributed by atoms with Gasteiger partial charge in [-0.15, -0.1) is 0 Å². The Kier molecular flexibility index (Phi) is 6.08. The standard InChI is InChI=1S/C25H23N3O3S/c1-27(32(30,31)22-13-11-19(15-26)12-14-22)18-25(29)28-16-21-9-5-6-10-23(21)24(17-28)20-7-3-2-4-8-20/h2-14,24H,16-18H2,1H3. The Bertz CT molecular complexity index is 1270. The zero-order valence-corrected chi connectivity index (χ0v) is 18.5. The molecule has 0 saturated heterocycles. The number of carbonyl (C=O) groups excluding carboxylic acids is 1. The van der Waals surface area contributed by atoms with E-state index in [2.05, 4.69) is 18.2 Å². The molecule has 0 radical (unpaired) electrons. The maximum absolute atomic E-state index is 13.2. The third kappa shape index (κ3) is 4.28. The van der Waals surface area contributed by atoms with E-state index in [-0.39, 0.29) is 23.3 Å². The van der Waals surface area contributed by atoms with Gasteiger partial charge in [-0.25, -0.2) is 8.42 Å². The van der Waals surface area contributed by atoms with Crippen molar-refractivity contribution in [3.05, 3.63) is 101 Å². The van der Waals surface area contributed by atoms with Crippen LogP contribution in [-0.4, -0.2) is 43.7 Å². The van der Waals surface area contributed by atoms with Crippen LogP contribution in [0.2, 0.25) is 0 Å². The van der Waals surface area contributed by atoms with Gasteiger partial charge in [0.1, 0.15) is 0 Å². The van der Waals surface area contributed by atoms with Crippen LogP contribution in [0.15, 0.2) is 83.8 Å². The highest BCUT2D eigenvalue weighted by Gasteiger charge is 2.31. The predicted octanol–water partition coefficient (Wildman–Crippen LogP) is 3.35. The molecule has 1 aliphatic heterocycles. The molecule has 6 nitrogen and oxygen atoms in total. The van der Waals surface area contributed by atoms with Gasteiger partial charge in [0.15, 0.2) is 0 Å². The van der Waals surface area contributed by atoms with Crippen molar-refractivity contribution in [2.24, 2.45) is 0 Å². The highest BCUT2D eigenvalue weighted by atomic mass is 32.2. The van der Waals surface area contributed by atoms with Gasteiger partial charge in [-0.05, 0) is 41.0 Å². The van der Waals surface area contributed by atoms with E-state index in [0.29, 0.717) is 18.7 Å². The molecular formula is C25H23N3O3S. The second kappa shape index (κ2) is 8.95. The zero-order chi connectivity index (χ0) is 22.7. The second-order valence-electron chi connectivity index (χ2n) is 7.83. The van der Waals surface area contributed by atoms with E-state index in [1.165, 1.54) is 36.9 Å². The van der Waals surface area contributed by atoms with Crippen LogP contribution < -0.4 is 0 Å². The number of fused-ring (bicyclic) bond motifs is 1. The SMILES string of the molecule is CN(CC(=O)N1Cc2ccccc2C(c2ccccc2)C1)S(=O)(=O)c1ccc(C#N)cc1. The quantitative estimate of drug-likeness (QED) is 0.603. The first-order valence-electron chi connectivity index (χ1n) is 10.3. The maximum Gasteiger partial charge on any atom is 0.243 e. The Morgan fingerprint density at radius 2 is 1.69 bits per heavy atom. The number of sulfonamides is 1. The van der Waals surface area contributed by atoms with Gasteiger partial charge < -0.3 is 4.90 Å². The summed E-state index contributed by atoms with van der Waals surface area (Å²) in [6.45, 7) is 0.680. The molecule has 0 saturated carbocycles. The Hall–Kier alpha value is -3.47. The van der Waals surface area contributed by atoms with E-state index in [1.807, 2.05) is 42.5 Å². The molecule has 3 aromatic rings. The normalized spacial score (nSPS) is 15.8. The van der Waals surface area contributed by atoms with Crippen LogP contribution in [0.25, 0.3) is 0 Å². The third-order valence-corrected chi connectivity index (χ3v) is 7.62. The fraction of sp³-hybridized carbons (Fsp3) is 0.200. The highest BCUT2D eigenvalue weighted by Crippen LogP contribution is 2.33. The van der Waals surface area contributed by atoms with Crippen LogP contribution in [0.3, 0.4) is 0 Å². The first-order chi connectivity index (χ1) is 15.4. The fourth-order valence-corrected chi connectivity index (χ4v) is 5.14. The summed E-state index contributed by atoms with van der Waals surface area (Å²) in [5.41, 5.74) is 3.76. The van der Waals surface area contributed by atoms with Gasteiger partial charge in [-0.2, -0.15) is 9.57 Å². The van der Waals surface area contributed by atoms with E-state index in [4.69, 9.17) is 5.26 Å². The molecule has 1 atom stereocenters. The molecule has 1 amide bonds. The molecule has 32 heavy (non-hydrogen) atoms. The lowest BCUT2D eigenvalue weighted by Crippen LogP contribution is -2.44. The monoisotopic (exact) mass is 445 g/mol. The molecule has 1 unspecified atom stereocenters. The molecule has 162 valence electrons. The number of hydrogen-bond acceptors (Lipinski definition) is 4. The van der Waals surface area contributed by atoms with Crippen LogP contribution in [0.5, 0.6) is 0 Å². The van der Waals surface area contributed by atoms with Crippen molar-refractivity contribution < 1.29 is 13.2 Å². The number of benzene rings is 3. The Balaban J connectivity index is 1.55. The number of hydrogen-bond donors (Lipinski definition) is 0. The number of nitriles is 1. The van der Waals surface area contributed by atoms with Gasteiger partial charge >= 0.3 is 0 Å². The molecule has 0 bridgehead atoms. The van der Waals surface area contributed by atoms with Gasteiger partial charge in [0.05, 0.1) is 23.1 Å². The summed E-state index contributed by atoms with van der Waals surface area (Å²) in [4.78, 5) is 14.9. The maximum atomic E-state index is 13.2. The van der Waals surface area contributed by atoms with Gasteiger partial charge in [0, 0.05) is 26.1 Å². The van der Waals surface area contributed by atoms with Crippen molar-refractivity contribution in [2.45, 2.75) is 17.4 Å². The van der Waals surface area contributed by atoms with Gasteiger partial charge in [0.2, 0.25) is 15.9 Å². The predicted molar refractivity (Wildman–Crippen MR) is 121 cm³/mol. The molecule has 0 spiro atoms. The minimum atomic E-state index is -3.85. The van der Waals surface area contributed by atoms with E-state index >= 15 is 0 Å². The van der Waals surface area contributed by atoms with Crippen molar-refractivity contribution in [2.75, 3.05) is 20.1 Å². The van der Waals surface area contributed by atoms with E-state index in [9.17, 15) is 13.2 Å². The second-order valence-corrected chi connectivity index (χ2v) is 9.88. The lowest BCUT2D eigenvalue weighted by atomic mass is 9.84. The van der Waals surface area contributed by atoms with Crippen LogP contribution in [-0.2, 0) is 21.4 Å². The largest absolute Gasteiger partial charge is 0.336 e. The minimum Gasteiger partial charge on any atom is -0.336 e. The van der Waals surface area contributed by atoms with Crippen molar-refractivity contribution in [1.29, 1.82) is 5.26 Å². The number of carbonyl (C=O) groups is 1. The number of likely N-dealkylation sites (N-methyl/N-ethyl adjacent to an activating group) is 1. The lowest BCUT2D eigenvalue weighted by Gasteiger charge is -2.35. The summed E-state index contributed by atoms with van der Waals surface area (Å²) in [7, 11) is -2.45. The van der Waals surface area contributed by atoms with E-state index < -0.39 is 10.0 Å². The lowest BCUT2D eigenvalue weighted by molar-refractivity contribution is -0.132. The fourth-order valence-electron chi connectivity index (χ4n) is 4.02. The molecular weight excluding hydrogens is 422 g/mol. The summed E-state index contributed by atoms with van der Waals surface area (Å²) in [5.74, 6) is -0.217. The average Bonchev–Trinajstić information content (AvgIpc) is 2.83. The number of nitrogens with zero attached hydrogens (tertiary/aromatic N) is 3. The van der Waals surface area contributed by atoms with Crippen molar-refractivity contribution in [3.63, 3.8) is 0 Å². The van der Waals surface area contributed by atoms with Gasteiger partial charge in [-0.3, -0.25) is 4.79 Å². The molecule has 0 aliphatic carbocycles. The Morgan fingerprint density at radius 3 is 2.38 bits per heavy atom. The molecule has 1 aliphatic rings. The first-order valence-corrected chi connectivity index (χ1v) is 11.7. The minimum absolute atomic E-state index is 0.0329. The van der Waals surface area contributed by atoms with Gasteiger partial charge in [0.25, 0.3) is 0 Å². The molecule has 4 rings (SSSR count). The van der Waals surface area contributed by atoms with E-state index in [1.54, 1.807) is 4.90 Å². The van der Waals surface area contributed by atoms with E-state index in [0.717, 1.165) is 15.4 Å². The van der Waals surface area contributed by atoms with Crippen LogP contribution in [0.4, 0.5) is 0 Å². The summed E-state index contributed by atoms with van der Waals surface area (Å²) < 4.78 is 26.9. The van der Waals surface area contributed by atoms with Crippen molar-refractivity contribution in [3.8, 4) is 6.07 Å². The average molecular weight is 446 g/mol. The number of rotatable bonds is 5. The number of amides is 1. The van der Waals surface area contributed by atoms with Crippen LogP contribution in [0, 0.1) is 11.3 Å². The molecule has 1 heterocycles. The smallest absolute Gasteiger partial charge is 0.243 e. The Labute approximate surface area is 188 Å². The highest BCUT2D eigenvalue weighted by molar-refractivity contribution is 7.89. The summed E-state index contributed by atoms with van der Waals surface area (Å²) in [6.07, 6.45) is 0. The van der Waals surface area contributed by atoms with Gasteiger partial charge in [-0.1, -0.05) is 54.6 Å². The topological polar surface area (TPSA) is 81.5 Å². The molecule has 3 aromatic carbocycles. The summed E-state index contributed by atoms with van der Waals surface area (Å²) in [5, 5.41) is 8.92. The van der Waals surface area contributed by atoms with Crippen LogP contribution in [0.1, 0.15) is 28.2 Å². The third-order valence-electron chi connectivity index (χ3n) is 5.80. The molecule has 0 fully saturated rings. The zero-order valence-electron chi connectivity index (χ0n) is 17.7. The first kappa shape index (κ1) is 21.8. The van der Waals surface area contributed by atoms with Crippen molar-refractivity contribution in [1.82, 2.24) is 9.21 Å². The van der Waals surface area contributed by atoms with Crippen molar-refractivity contribution >= 4 is 15.9 Å². The summed E-state index contributed by atoms with van der Waals surface area (Å²) >= 11 is 0. The van der Waals surface area contributed by atoms with Crippen LogP contribution >= 0.6 is 0 Å². The summed E-state index contributed by atoms with van der Waals surface area (Å²) in [6, 6.07) is 25.7. The molecule has 7 heteroatoms.